The van der Waals surface area contributed by atoms with Crippen LogP contribution in [0, 0.1) is 0 Å². The molecule has 1 amide bonds. The van der Waals surface area contributed by atoms with Gasteiger partial charge in [-0.2, -0.15) is 0 Å². The highest BCUT2D eigenvalue weighted by Gasteiger charge is 2.70. The Hall–Kier alpha value is -1.40. The Labute approximate surface area is 126 Å². The zero-order valence-corrected chi connectivity index (χ0v) is 12.7. The van der Waals surface area contributed by atoms with Gasteiger partial charge in [-0.25, -0.2) is 13.6 Å². The lowest BCUT2D eigenvalue weighted by Crippen LogP contribution is -2.28. The molecular formula is C14H17ClF2N2O2. The number of anilines is 1. The second-order valence-electron chi connectivity index (χ2n) is 6.17. The number of rotatable bonds is 2. The Morgan fingerprint density at radius 3 is 2.43 bits per heavy atom. The summed E-state index contributed by atoms with van der Waals surface area (Å²) in [7, 11) is 0. The van der Waals surface area contributed by atoms with E-state index in [0.29, 0.717) is 5.69 Å². The standard InChI is InChI=1S/C14H17ClF2N2O2/c1-12(2,3)21-11(20)19-8-4-5-9(10(15)6-8)13(18)7-14(13,16)17/h4-6H,7,18H2,1-3H3,(H,19,20). The van der Waals surface area contributed by atoms with Crippen molar-refractivity contribution in [1.82, 2.24) is 0 Å². The Bertz CT molecular complexity index is 587. The third kappa shape index (κ3) is 3.27. The van der Waals surface area contributed by atoms with Crippen molar-refractivity contribution < 1.29 is 18.3 Å². The van der Waals surface area contributed by atoms with E-state index in [0.717, 1.165) is 0 Å². The number of nitrogens with one attached hydrogen (secondary N) is 1. The van der Waals surface area contributed by atoms with E-state index in [9.17, 15) is 13.6 Å². The van der Waals surface area contributed by atoms with Gasteiger partial charge in [0.1, 0.15) is 11.1 Å². The van der Waals surface area contributed by atoms with E-state index in [2.05, 4.69) is 5.32 Å². The van der Waals surface area contributed by atoms with E-state index in [-0.39, 0.29) is 10.6 Å². The number of ether oxygens (including phenoxy) is 1. The molecule has 7 heteroatoms. The predicted molar refractivity (Wildman–Crippen MR) is 76.7 cm³/mol. The fourth-order valence-electron chi connectivity index (χ4n) is 1.97. The molecule has 21 heavy (non-hydrogen) atoms. The first-order valence-electron chi connectivity index (χ1n) is 6.41. The van der Waals surface area contributed by atoms with Gasteiger partial charge < -0.3 is 10.5 Å². The van der Waals surface area contributed by atoms with E-state index in [1.54, 1.807) is 20.8 Å². The van der Waals surface area contributed by atoms with Crippen molar-refractivity contribution in [3.05, 3.63) is 28.8 Å². The summed E-state index contributed by atoms with van der Waals surface area (Å²) in [6, 6.07) is 4.24. The summed E-state index contributed by atoms with van der Waals surface area (Å²) in [6.07, 6.45) is -1.08. The molecule has 1 saturated carbocycles. The third-order valence-electron chi connectivity index (χ3n) is 3.12. The van der Waals surface area contributed by atoms with Gasteiger partial charge in [-0.05, 0) is 38.5 Å². The van der Waals surface area contributed by atoms with E-state index >= 15 is 0 Å². The van der Waals surface area contributed by atoms with Gasteiger partial charge in [-0.15, -0.1) is 0 Å². The van der Waals surface area contributed by atoms with Crippen molar-refractivity contribution in [1.29, 1.82) is 0 Å². The minimum Gasteiger partial charge on any atom is -0.444 e. The molecule has 1 unspecified atom stereocenters. The second-order valence-corrected chi connectivity index (χ2v) is 6.58. The lowest BCUT2D eigenvalue weighted by Gasteiger charge is -2.20. The number of carbonyl (C=O) groups is 1. The molecule has 1 aromatic carbocycles. The smallest absolute Gasteiger partial charge is 0.412 e. The zero-order chi connectivity index (χ0) is 16.1. The number of alkyl halides is 2. The minimum atomic E-state index is -2.95. The minimum absolute atomic E-state index is 0.0863. The van der Waals surface area contributed by atoms with Crippen molar-refractivity contribution in [3.8, 4) is 0 Å². The maximum absolute atomic E-state index is 13.3. The Morgan fingerprint density at radius 1 is 1.43 bits per heavy atom. The number of carbonyl (C=O) groups excluding carboxylic acids is 1. The van der Waals surface area contributed by atoms with Crippen LogP contribution < -0.4 is 11.1 Å². The van der Waals surface area contributed by atoms with Gasteiger partial charge in [0.05, 0.1) is 0 Å². The second kappa shape index (κ2) is 4.81. The predicted octanol–water partition coefficient (Wildman–Crippen LogP) is 3.88. The lowest BCUT2D eigenvalue weighted by molar-refractivity contribution is 0.0635. The Morgan fingerprint density at radius 2 is 2.00 bits per heavy atom. The van der Waals surface area contributed by atoms with Crippen molar-refractivity contribution in [2.75, 3.05) is 5.32 Å². The monoisotopic (exact) mass is 318 g/mol. The van der Waals surface area contributed by atoms with Gasteiger partial charge in [0, 0.05) is 17.1 Å². The van der Waals surface area contributed by atoms with Crippen molar-refractivity contribution >= 4 is 23.4 Å². The van der Waals surface area contributed by atoms with Crippen LogP contribution in [0.2, 0.25) is 5.02 Å². The van der Waals surface area contributed by atoms with Crippen LogP contribution in [-0.2, 0) is 10.3 Å². The Kier molecular flexibility index (Phi) is 3.66. The van der Waals surface area contributed by atoms with Crippen molar-refractivity contribution in [2.24, 2.45) is 5.73 Å². The molecule has 1 aromatic rings. The molecular weight excluding hydrogens is 302 g/mol. The summed E-state index contributed by atoms with van der Waals surface area (Å²) in [5, 5.41) is 2.57. The summed E-state index contributed by atoms with van der Waals surface area (Å²) in [6.45, 7) is 5.20. The van der Waals surface area contributed by atoms with Crippen LogP contribution >= 0.6 is 11.6 Å². The molecule has 0 aromatic heterocycles. The lowest BCUT2D eigenvalue weighted by atomic mass is 10.0. The van der Waals surface area contributed by atoms with Crippen LogP contribution in [-0.4, -0.2) is 17.6 Å². The first-order valence-corrected chi connectivity index (χ1v) is 6.79. The van der Waals surface area contributed by atoms with Crippen LogP contribution in [0.15, 0.2) is 18.2 Å². The van der Waals surface area contributed by atoms with Gasteiger partial charge >= 0.3 is 6.09 Å². The maximum atomic E-state index is 13.3. The van der Waals surface area contributed by atoms with E-state index in [1.807, 2.05) is 0 Å². The molecule has 1 aliphatic carbocycles. The van der Waals surface area contributed by atoms with Crippen LogP contribution in [0.4, 0.5) is 19.3 Å². The number of hydrogen-bond donors (Lipinski definition) is 2. The molecule has 0 bridgehead atoms. The quantitative estimate of drug-likeness (QED) is 0.869. The molecule has 0 radical (unpaired) electrons. The topological polar surface area (TPSA) is 64.3 Å². The van der Waals surface area contributed by atoms with Gasteiger partial charge in [0.25, 0.3) is 5.92 Å². The summed E-state index contributed by atoms with van der Waals surface area (Å²) in [5.41, 5.74) is 3.81. The Balaban J connectivity index is 2.12. The van der Waals surface area contributed by atoms with Crippen LogP contribution in [0.5, 0.6) is 0 Å². The summed E-state index contributed by atoms with van der Waals surface area (Å²) >= 11 is 5.99. The molecule has 2 rings (SSSR count). The van der Waals surface area contributed by atoms with Gasteiger partial charge in [-0.3, -0.25) is 5.32 Å². The molecule has 0 aliphatic heterocycles. The molecule has 3 N–H and O–H groups in total. The van der Waals surface area contributed by atoms with Crippen molar-refractivity contribution in [2.45, 2.75) is 44.3 Å². The molecule has 116 valence electrons. The number of amides is 1. The fourth-order valence-corrected chi connectivity index (χ4v) is 2.32. The van der Waals surface area contributed by atoms with Crippen LogP contribution in [0.1, 0.15) is 32.8 Å². The molecule has 1 fully saturated rings. The normalized spacial score (nSPS) is 23.6. The van der Waals surface area contributed by atoms with E-state index < -0.39 is 29.6 Å². The average Bonchev–Trinajstić information content (AvgIpc) is 2.75. The number of hydrogen-bond acceptors (Lipinski definition) is 3. The first-order chi connectivity index (χ1) is 9.45. The van der Waals surface area contributed by atoms with Crippen molar-refractivity contribution in [3.63, 3.8) is 0 Å². The number of benzene rings is 1. The SMILES string of the molecule is CC(C)(C)OC(=O)Nc1ccc(C2(N)CC2(F)F)c(Cl)c1. The van der Waals surface area contributed by atoms with Crippen LogP contribution in [0.3, 0.4) is 0 Å². The number of halogens is 3. The van der Waals surface area contributed by atoms with Gasteiger partial charge in [0.15, 0.2) is 0 Å². The maximum Gasteiger partial charge on any atom is 0.412 e. The number of nitrogens with two attached hydrogens (primary N) is 1. The summed E-state index contributed by atoms with van der Waals surface area (Å²) < 4.78 is 31.6. The largest absolute Gasteiger partial charge is 0.444 e. The van der Waals surface area contributed by atoms with Crippen LogP contribution in [0.25, 0.3) is 0 Å². The molecule has 4 nitrogen and oxygen atoms in total. The highest BCUT2D eigenvalue weighted by Crippen LogP contribution is 2.58. The summed E-state index contributed by atoms with van der Waals surface area (Å²) in [4.78, 5) is 11.6. The summed E-state index contributed by atoms with van der Waals surface area (Å²) in [5.74, 6) is -2.95. The molecule has 0 saturated heterocycles. The highest BCUT2D eigenvalue weighted by atomic mass is 35.5. The first kappa shape index (κ1) is 16.0. The van der Waals surface area contributed by atoms with Gasteiger partial charge in [0.2, 0.25) is 0 Å². The van der Waals surface area contributed by atoms with Gasteiger partial charge in [-0.1, -0.05) is 17.7 Å². The average molecular weight is 319 g/mol. The third-order valence-corrected chi connectivity index (χ3v) is 3.44. The van der Waals surface area contributed by atoms with E-state index in [1.165, 1.54) is 18.2 Å². The molecule has 0 spiro atoms. The molecule has 0 heterocycles. The zero-order valence-electron chi connectivity index (χ0n) is 12.0. The fraction of sp³-hybridized carbons (Fsp3) is 0.500. The molecule has 1 aliphatic rings. The highest BCUT2D eigenvalue weighted by molar-refractivity contribution is 6.31. The molecule has 1 atom stereocenters. The van der Waals surface area contributed by atoms with E-state index in [4.69, 9.17) is 22.1 Å².